The van der Waals surface area contributed by atoms with Crippen LogP contribution in [-0.2, 0) is 11.3 Å². The normalized spacial score (nSPS) is 11.2. The van der Waals surface area contributed by atoms with Crippen molar-refractivity contribution in [2.24, 2.45) is 0 Å². The van der Waals surface area contributed by atoms with E-state index in [2.05, 4.69) is 15.7 Å². The summed E-state index contributed by atoms with van der Waals surface area (Å²) >= 11 is 5.93. The molecule has 0 radical (unpaired) electrons. The van der Waals surface area contributed by atoms with Crippen LogP contribution in [0.1, 0.15) is 21.7 Å². The highest BCUT2D eigenvalue weighted by molar-refractivity contribution is 6.30. The molecule has 2 N–H and O–H groups in total. The molecule has 4 rings (SSSR count). The monoisotopic (exact) mass is 446 g/mol. The van der Waals surface area contributed by atoms with Crippen LogP contribution in [0.5, 0.6) is 0 Å². The Morgan fingerprint density at radius 2 is 1.81 bits per heavy atom. The van der Waals surface area contributed by atoms with Gasteiger partial charge in [0.1, 0.15) is 11.5 Å². The van der Waals surface area contributed by atoms with Crippen LogP contribution in [0.25, 0.3) is 11.8 Å². The van der Waals surface area contributed by atoms with Crippen molar-refractivity contribution in [1.82, 2.24) is 20.4 Å². The second kappa shape index (κ2) is 9.80. The van der Waals surface area contributed by atoms with Crippen molar-refractivity contribution < 1.29 is 14.0 Å². The second-order valence-corrected chi connectivity index (χ2v) is 7.28. The molecule has 32 heavy (non-hydrogen) atoms. The summed E-state index contributed by atoms with van der Waals surface area (Å²) in [5.74, 6) is -0.405. The Kier molecular flexibility index (Phi) is 6.48. The van der Waals surface area contributed by atoms with Crippen LogP contribution in [0, 0.1) is 0 Å². The lowest BCUT2D eigenvalue weighted by atomic mass is 10.2. The molecule has 0 fully saturated rings. The van der Waals surface area contributed by atoms with E-state index < -0.39 is 11.8 Å². The van der Waals surface area contributed by atoms with Gasteiger partial charge in [0.15, 0.2) is 0 Å². The van der Waals surface area contributed by atoms with Gasteiger partial charge < -0.3 is 15.1 Å². The second-order valence-electron chi connectivity index (χ2n) is 6.85. The maximum atomic E-state index is 12.8. The fourth-order valence-electron chi connectivity index (χ4n) is 2.92. The van der Waals surface area contributed by atoms with Gasteiger partial charge in [-0.1, -0.05) is 29.8 Å². The number of rotatable bonds is 7. The largest absolute Gasteiger partial charge is 0.465 e. The van der Waals surface area contributed by atoms with Gasteiger partial charge in [-0.05, 0) is 48.5 Å². The summed E-state index contributed by atoms with van der Waals surface area (Å²) in [7, 11) is 0. The van der Waals surface area contributed by atoms with Gasteiger partial charge >= 0.3 is 0 Å². The molecule has 7 nitrogen and oxygen atoms in total. The van der Waals surface area contributed by atoms with Crippen LogP contribution in [-0.4, -0.2) is 21.6 Å². The van der Waals surface area contributed by atoms with Gasteiger partial charge in [0.25, 0.3) is 11.8 Å². The fourth-order valence-corrected chi connectivity index (χ4v) is 3.05. The van der Waals surface area contributed by atoms with E-state index in [1.807, 2.05) is 24.4 Å². The Bertz CT molecular complexity index is 1230. The number of halogens is 1. The summed E-state index contributed by atoms with van der Waals surface area (Å²) in [6, 6.07) is 19.3. The van der Waals surface area contributed by atoms with E-state index in [0.717, 1.165) is 11.3 Å². The summed E-state index contributed by atoms with van der Waals surface area (Å²) in [5.41, 5.74) is 2.15. The fraction of sp³-hybridized carbons (Fsp3) is 0.0417. The van der Waals surface area contributed by atoms with Crippen molar-refractivity contribution in [3.63, 3.8) is 0 Å². The first-order valence-electron chi connectivity index (χ1n) is 9.78. The van der Waals surface area contributed by atoms with Crippen molar-refractivity contribution >= 4 is 29.5 Å². The first-order valence-corrected chi connectivity index (χ1v) is 10.2. The van der Waals surface area contributed by atoms with Gasteiger partial charge in [0.2, 0.25) is 0 Å². The predicted octanol–water partition coefficient (Wildman–Crippen LogP) is 4.21. The molecule has 0 saturated carbocycles. The van der Waals surface area contributed by atoms with Crippen LogP contribution < -0.4 is 10.6 Å². The summed E-state index contributed by atoms with van der Waals surface area (Å²) in [4.78, 5) is 25.4. The van der Waals surface area contributed by atoms with E-state index in [0.29, 0.717) is 16.3 Å². The van der Waals surface area contributed by atoms with E-state index in [4.69, 9.17) is 16.0 Å². The minimum atomic E-state index is -0.454. The van der Waals surface area contributed by atoms with E-state index >= 15 is 0 Å². The molecular weight excluding hydrogens is 428 g/mol. The third kappa shape index (κ3) is 5.33. The number of furan rings is 1. The van der Waals surface area contributed by atoms with E-state index in [1.54, 1.807) is 59.4 Å². The van der Waals surface area contributed by atoms with Crippen LogP contribution in [0.3, 0.4) is 0 Å². The number of carbonyl (C=O) groups is 2. The minimum Gasteiger partial charge on any atom is -0.465 e. The highest BCUT2D eigenvalue weighted by Gasteiger charge is 2.15. The zero-order valence-electron chi connectivity index (χ0n) is 16.9. The van der Waals surface area contributed by atoms with Gasteiger partial charge in [0.05, 0.1) is 18.1 Å². The quantitative estimate of drug-likeness (QED) is 0.416. The molecule has 0 spiro atoms. The van der Waals surface area contributed by atoms with E-state index in [1.165, 1.54) is 12.3 Å². The van der Waals surface area contributed by atoms with Crippen molar-refractivity contribution in [3.8, 4) is 5.69 Å². The molecule has 0 aliphatic heterocycles. The smallest absolute Gasteiger partial charge is 0.268 e. The van der Waals surface area contributed by atoms with E-state index in [9.17, 15) is 9.59 Å². The Morgan fingerprint density at radius 3 is 2.53 bits per heavy atom. The molecule has 0 atom stereocenters. The number of hydrogen-bond donors (Lipinski definition) is 2. The molecule has 0 bridgehead atoms. The SMILES string of the molecule is O=C(NCc1cnn(-c2ccc(Cl)cc2)c1)/C(=C/c1ccco1)NC(=O)c1ccccc1. The highest BCUT2D eigenvalue weighted by atomic mass is 35.5. The molecule has 2 aromatic carbocycles. The van der Waals surface area contributed by atoms with Crippen LogP contribution >= 0.6 is 11.6 Å². The number of aromatic nitrogens is 2. The highest BCUT2D eigenvalue weighted by Crippen LogP contribution is 2.14. The number of nitrogens with zero attached hydrogens (tertiary/aromatic N) is 2. The lowest BCUT2D eigenvalue weighted by Gasteiger charge is -2.10. The summed E-state index contributed by atoms with van der Waals surface area (Å²) < 4.78 is 6.98. The molecule has 0 unspecified atom stereocenters. The zero-order chi connectivity index (χ0) is 22.3. The van der Waals surface area contributed by atoms with Crippen molar-refractivity contribution in [2.75, 3.05) is 0 Å². The van der Waals surface area contributed by atoms with Gasteiger partial charge in [-0.25, -0.2) is 4.68 Å². The predicted molar refractivity (Wildman–Crippen MR) is 121 cm³/mol. The summed E-state index contributed by atoms with van der Waals surface area (Å²) in [6.07, 6.45) is 6.44. The summed E-state index contributed by atoms with van der Waals surface area (Å²) in [6.45, 7) is 0.225. The minimum absolute atomic E-state index is 0.0684. The molecule has 0 aliphatic rings. The first kappa shape index (κ1) is 21.1. The number of amides is 2. The third-order valence-electron chi connectivity index (χ3n) is 4.54. The average molecular weight is 447 g/mol. The van der Waals surface area contributed by atoms with Crippen molar-refractivity contribution in [1.29, 1.82) is 0 Å². The van der Waals surface area contributed by atoms with Crippen molar-refractivity contribution in [2.45, 2.75) is 6.54 Å². The van der Waals surface area contributed by atoms with Gasteiger partial charge in [-0.3, -0.25) is 9.59 Å². The third-order valence-corrected chi connectivity index (χ3v) is 4.79. The molecule has 4 aromatic rings. The Balaban J connectivity index is 1.46. The summed E-state index contributed by atoms with van der Waals surface area (Å²) in [5, 5.41) is 10.4. The van der Waals surface area contributed by atoms with E-state index in [-0.39, 0.29) is 12.2 Å². The molecule has 160 valence electrons. The standard InChI is InChI=1S/C24H19ClN4O3/c25-19-8-10-20(11-9-19)29-16-17(15-27-29)14-26-24(31)22(13-21-7-4-12-32-21)28-23(30)18-5-2-1-3-6-18/h1-13,15-16H,14H2,(H,26,31)(H,28,30)/b22-13-. The van der Waals surface area contributed by atoms with Gasteiger partial charge in [0, 0.05) is 35.0 Å². The number of nitrogens with one attached hydrogen (secondary N) is 2. The number of hydrogen-bond acceptors (Lipinski definition) is 4. The maximum absolute atomic E-state index is 12.8. The Hall–Kier alpha value is -4.10. The zero-order valence-corrected chi connectivity index (χ0v) is 17.6. The lowest BCUT2D eigenvalue weighted by molar-refractivity contribution is -0.117. The van der Waals surface area contributed by atoms with Crippen LogP contribution in [0.4, 0.5) is 0 Å². The molecule has 2 amide bonds. The first-order chi connectivity index (χ1) is 15.6. The molecule has 0 saturated heterocycles. The van der Waals surface area contributed by atoms with Crippen LogP contribution in [0.2, 0.25) is 5.02 Å². The van der Waals surface area contributed by atoms with Gasteiger partial charge in [-0.2, -0.15) is 5.10 Å². The topological polar surface area (TPSA) is 89.2 Å². The molecule has 2 heterocycles. The van der Waals surface area contributed by atoms with Crippen molar-refractivity contribution in [3.05, 3.63) is 113 Å². The number of benzene rings is 2. The molecule has 2 aromatic heterocycles. The van der Waals surface area contributed by atoms with Gasteiger partial charge in [-0.15, -0.1) is 0 Å². The average Bonchev–Trinajstić information content (AvgIpc) is 3.50. The van der Waals surface area contributed by atoms with Crippen LogP contribution in [0.15, 0.2) is 95.5 Å². The molecule has 8 heteroatoms. The number of carbonyl (C=O) groups excluding carboxylic acids is 2. The maximum Gasteiger partial charge on any atom is 0.268 e. The Morgan fingerprint density at radius 1 is 1.03 bits per heavy atom. The Labute approximate surface area is 189 Å². The molecular formula is C24H19ClN4O3. The molecule has 0 aliphatic carbocycles. The lowest BCUT2D eigenvalue weighted by Crippen LogP contribution is -2.34.